The van der Waals surface area contributed by atoms with Gasteiger partial charge in [-0.3, -0.25) is 4.79 Å². The highest BCUT2D eigenvalue weighted by molar-refractivity contribution is 5.76. The first-order valence-electron chi connectivity index (χ1n) is 8.18. The maximum absolute atomic E-state index is 11.7. The topological polar surface area (TPSA) is 41.1 Å². The van der Waals surface area contributed by atoms with Gasteiger partial charge in [-0.2, -0.15) is 0 Å². The quantitative estimate of drug-likeness (QED) is 0.690. The molecule has 0 saturated heterocycles. The Morgan fingerprint density at radius 3 is 2.52 bits per heavy atom. The van der Waals surface area contributed by atoms with Gasteiger partial charge in [0.2, 0.25) is 5.91 Å². The molecule has 1 aromatic carbocycles. The van der Waals surface area contributed by atoms with E-state index in [2.05, 4.69) is 55.7 Å². The van der Waals surface area contributed by atoms with E-state index in [9.17, 15) is 4.79 Å². The first kappa shape index (κ1) is 17.7. The van der Waals surface area contributed by atoms with Crippen LogP contribution >= 0.6 is 0 Å². The van der Waals surface area contributed by atoms with Gasteiger partial charge in [-0.15, -0.1) is 0 Å². The molecule has 1 rings (SSSR count). The third-order valence-corrected chi connectivity index (χ3v) is 3.50. The van der Waals surface area contributed by atoms with Crippen LogP contribution in [-0.4, -0.2) is 19.0 Å². The van der Waals surface area contributed by atoms with E-state index in [-0.39, 0.29) is 5.91 Å². The average molecular weight is 290 g/mol. The zero-order chi connectivity index (χ0) is 15.5. The maximum atomic E-state index is 11.7. The molecule has 0 bridgehead atoms. The third kappa shape index (κ3) is 7.86. The van der Waals surface area contributed by atoms with Crippen LogP contribution in [0, 0.1) is 5.92 Å². The largest absolute Gasteiger partial charge is 0.356 e. The van der Waals surface area contributed by atoms with Gasteiger partial charge in [0.1, 0.15) is 0 Å². The minimum absolute atomic E-state index is 0.138. The smallest absolute Gasteiger partial charge is 0.221 e. The van der Waals surface area contributed by atoms with Crippen molar-refractivity contribution in [1.29, 1.82) is 0 Å². The van der Waals surface area contributed by atoms with Gasteiger partial charge >= 0.3 is 0 Å². The first-order valence-corrected chi connectivity index (χ1v) is 8.18. The van der Waals surface area contributed by atoms with E-state index >= 15 is 0 Å². The van der Waals surface area contributed by atoms with Crippen LogP contribution in [-0.2, 0) is 4.79 Å². The molecule has 1 aromatic rings. The summed E-state index contributed by atoms with van der Waals surface area (Å²) in [6, 6.07) is 10.9. The van der Waals surface area contributed by atoms with E-state index in [1.54, 1.807) is 0 Å². The molecule has 0 spiro atoms. The Labute approximate surface area is 129 Å². The lowest BCUT2D eigenvalue weighted by Crippen LogP contribution is -2.31. The number of carbonyl (C=O) groups is 1. The van der Waals surface area contributed by atoms with E-state index in [0.717, 1.165) is 19.5 Å². The fourth-order valence-corrected chi connectivity index (χ4v) is 2.25. The van der Waals surface area contributed by atoms with Crippen LogP contribution in [0.25, 0.3) is 0 Å². The van der Waals surface area contributed by atoms with Crippen molar-refractivity contribution in [3.63, 3.8) is 0 Å². The standard InChI is InChI=1S/C18H30N2O/c1-4-5-11-17(16-9-7-6-8-10-16)19-13-12-18(21)20-14-15(2)3/h6-10,15,17,19H,4-5,11-14H2,1-3H3,(H,20,21). The van der Waals surface area contributed by atoms with Crippen molar-refractivity contribution >= 4 is 5.91 Å². The number of carbonyl (C=O) groups excluding carboxylic acids is 1. The van der Waals surface area contributed by atoms with Gasteiger partial charge < -0.3 is 10.6 Å². The molecular formula is C18H30N2O. The van der Waals surface area contributed by atoms with Crippen molar-refractivity contribution in [2.45, 2.75) is 52.5 Å². The summed E-state index contributed by atoms with van der Waals surface area (Å²) in [5.41, 5.74) is 1.31. The predicted octanol–water partition coefficient (Wildman–Crippen LogP) is 3.67. The van der Waals surface area contributed by atoms with Gasteiger partial charge in [0.05, 0.1) is 0 Å². The van der Waals surface area contributed by atoms with Gasteiger partial charge in [-0.1, -0.05) is 63.9 Å². The molecule has 0 aliphatic carbocycles. The molecule has 0 aliphatic rings. The second-order valence-corrected chi connectivity index (χ2v) is 6.01. The Hall–Kier alpha value is -1.35. The van der Waals surface area contributed by atoms with Gasteiger partial charge in [-0.25, -0.2) is 0 Å². The maximum Gasteiger partial charge on any atom is 0.221 e. The Balaban J connectivity index is 2.38. The Kier molecular flexibility index (Phi) is 8.76. The van der Waals surface area contributed by atoms with Crippen molar-refractivity contribution in [2.24, 2.45) is 5.92 Å². The normalized spacial score (nSPS) is 12.4. The van der Waals surface area contributed by atoms with Crippen molar-refractivity contribution in [3.8, 4) is 0 Å². The summed E-state index contributed by atoms with van der Waals surface area (Å²) in [5.74, 6) is 0.641. The molecular weight excluding hydrogens is 260 g/mol. The van der Waals surface area contributed by atoms with E-state index < -0.39 is 0 Å². The van der Waals surface area contributed by atoms with Crippen molar-refractivity contribution < 1.29 is 4.79 Å². The molecule has 1 atom stereocenters. The molecule has 3 nitrogen and oxygen atoms in total. The molecule has 3 heteroatoms. The van der Waals surface area contributed by atoms with Crippen LogP contribution in [0.4, 0.5) is 0 Å². The fourth-order valence-electron chi connectivity index (χ4n) is 2.25. The summed E-state index contributed by atoms with van der Waals surface area (Å²) in [5, 5.41) is 6.49. The molecule has 21 heavy (non-hydrogen) atoms. The van der Waals surface area contributed by atoms with Crippen molar-refractivity contribution in [2.75, 3.05) is 13.1 Å². The second kappa shape index (κ2) is 10.4. The van der Waals surface area contributed by atoms with Crippen molar-refractivity contribution in [1.82, 2.24) is 10.6 Å². The van der Waals surface area contributed by atoms with Crippen LogP contribution in [0.1, 0.15) is 58.1 Å². The molecule has 1 amide bonds. The highest BCUT2D eigenvalue weighted by Crippen LogP contribution is 2.18. The third-order valence-electron chi connectivity index (χ3n) is 3.50. The summed E-state index contributed by atoms with van der Waals surface area (Å²) in [6.07, 6.45) is 4.06. The van der Waals surface area contributed by atoms with Crippen molar-refractivity contribution in [3.05, 3.63) is 35.9 Å². The highest BCUT2D eigenvalue weighted by Gasteiger charge is 2.10. The molecule has 0 radical (unpaired) electrons. The highest BCUT2D eigenvalue weighted by atomic mass is 16.1. The zero-order valence-corrected chi connectivity index (χ0v) is 13.7. The summed E-state index contributed by atoms with van der Waals surface area (Å²) in [6.45, 7) is 7.91. The molecule has 0 fully saturated rings. The predicted molar refractivity (Wildman–Crippen MR) is 89.2 cm³/mol. The van der Waals surface area contributed by atoms with Crippen LogP contribution in [0.15, 0.2) is 30.3 Å². The molecule has 0 aliphatic heterocycles. The van der Waals surface area contributed by atoms with E-state index in [4.69, 9.17) is 0 Å². The minimum Gasteiger partial charge on any atom is -0.356 e. The summed E-state index contributed by atoms with van der Waals surface area (Å²) >= 11 is 0. The number of benzene rings is 1. The van der Waals surface area contributed by atoms with E-state index in [0.29, 0.717) is 18.4 Å². The minimum atomic E-state index is 0.138. The molecule has 1 unspecified atom stereocenters. The number of hydrogen-bond donors (Lipinski definition) is 2. The van der Waals surface area contributed by atoms with Gasteiger partial charge in [0.15, 0.2) is 0 Å². The van der Waals surface area contributed by atoms with Gasteiger partial charge in [0.25, 0.3) is 0 Å². The molecule has 0 aromatic heterocycles. The lowest BCUT2D eigenvalue weighted by molar-refractivity contribution is -0.121. The summed E-state index contributed by atoms with van der Waals surface area (Å²) in [4.78, 5) is 11.7. The monoisotopic (exact) mass is 290 g/mol. The lowest BCUT2D eigenvalue weighted by atomic mass is 10.0. The summed E-state index contributed by atoms with van der Waals surface area (Å²) in [7, 11) is 0. The number of nitrogens with one attached hydrogen (secondary N) is 2. The molecule has 0 saturated carbocycles. The second-order valence-electron chi connectivity index (χ2n) is 6.01. The Morgan fingerprint density at radius 2 is 1.90 bits per heavy atom. The average Bonchev–Trinajstić information content (AvgIpc) is 2.49. The summed E-state index contributed by atoms with van der Waals surface area (Å²) < 4.78 is 0. The fraction of sp³-hybridized carbons (Fsp3) is 0.611. The van der Waals surface area contributed by atoms with Gasteiger partial charge in [-0.05, 0) is 17.9 Å². The lowest BCUT2D eigenvalue weighted by Gasteiger charge is -2.19. The Bertz CT molecular complexity index is 389. The zero-order valence-electron chi connectivity index (χ0n) is 13.7. The number of hydrogen-bond acceptors (Lipinski definition) is 2. The molecule has 2 N–H and O–H groups in total. The first-order chi connectivity index (χ1) is 10.1. The van der Waals surface area contributed by atoms with E-state index in [1.165, 1.54) is 18.4 Å². The Morgan fingerprint density at radius 1 is 1.19 bits per heavy atom. The van der Waals surface area contributed by atoms with Crippen LogP contribution in [0.5, 0.6) is 0 Å². The number of rotatable bonds is 10. The number of amides is 1. The van der Waals surface area contributed by atoms with Crippen LogP contribution in [0.3, 0.4) is 0 Å². The van der Waals surface area contributed by atoms with Crippen LogP contribution < -0.4 is 10.6 Å². The van der Waals surface area contributed by atoms with Gasteiger partial charge in [0, 0.05) is 25.6 Å². The van der Waals surface area contributed by atoms with Crippen LogP contribution in [0.2, 0.25) is 0 Å². The van der Waals surface area contributed by atoms with E-state index in [1.807, 2.05) is 6.07 Å². The SMILES string of the molecule is CCCCC(NCCC(=O)NCC(C)C)c1ccccc1. The number of unbranched alkanes of at least 4 members (excludes halogenated alkanes) is 1. The molecule has 0 heterocycles. The molecule has 118 valence electrons.